The van der Waals surface area contributed by atoms with Crippen molar-refractivity contribution >= 4 is 17.5 Å². The molecule has 2 heterocycles. The minimum Gasteiger partial charge on any atom is -0.468 e. The molecule has 1 unspecified atom stereocenters. The average Bonchev–Trinajstić information content (AvgIpc) is 3.14. The number of piperidine rings is 1. The second-order valence-electron chi connectivity index (χ2n) is 6.31. The number of likely N-dealkylation sites (tertiary alicyclic amines) is 1. The number of hydrogen-bond donors (Lipinski definition) is 1. The van der Waals surface area contributed by atoms with E-state index >= 15 is 0 Å². The highest BCUT2D eigenvalue weighted by atomic mass is 35.5. The molecular weight excluding hydrogens is 343 g/mol. The van der Waals surface area contributed by atoms with E-state index in [1.54, 1.807) is 12.3 Å². The Bertz CT molecular complexity index is 679. The third kappa shape index (κ3) is 4.61. The van der Waals surface area contributed by atoms with E-state index in [1.807, 2.05) is 12.1 Å². The molecule has 1 aliphatic heterocycles. The lowest BCUT2D eigenvalue weighted by Crippen LogP contribution is -2.40. The Kier molecular flexibility index (Phi) is 6.10. The minimum atomic E-state index is -0.457. The summed E-state index contributed by atoms with van der Waals surface area (Å²) in [7, 11) is 0. The number of hydrogen-bond acceptors (Lipinski definition) is 3. The summed E-state index contributed by atoms with van der Waals surface area (Å²) in [5.74, 6) is 0.132. The number of nitrogens with one attached hydrogen (secondary N) is 1. The number of carbonyl (C=O) groups excluding carboxylic acids is 1. The molecule has 0 saturated carbocycles. The van der Waals surface area contributed by atoms with Crippen LogP contribution in [-0.4, -0.2) is 30.4 Å². The predicted molar refractivity (Wildman–Crippen MR) is 95.0 cm³/mol. The second-order valence-corrected chi connectivity index (χ2v) is 6.72. The fourth-order valence-electron chi connectivity index (χ4n) is 3.26. The van der Waals surface area contributed by atoms with Gasteiger partial charge in [0.15, 0.2) is 0 Å². The zero-order chi connectivity index (χ0) is 17.6. The van der Waals surface area contributed by atoms with Gasteiger partial charge in [0.25, 0.3) is 0 Å². The lowest BCUT2D eigenvalue weighted by atomic mass is 10.1. The van der Waals surface area contributed by atoms with Crippen molar-refractivity contribution in [3.63, 3.8) is 0 Å². The van der Waals surface area contributed by atoms with Gasteiger partial charge in [-0.1, -0.05) is 24.1 Å². The first-order chi connectivity index (χ1) is 12.1. The molecule has 1 saturated heterocycles. The molecule has 25 heavy (non-hydrogen) atoms. The first-order valence-corrected chi connectivity index (χ1v) is 9.00. The lowest BCUT2D eigenvalue weighted by Gasteiger charge is -2.33. The normalized spacial score (nSPS) is 16.6. The molecule has 1 atom stereocenters. The van der Waals surface area contributed by atoms with Gasteiger partial charge in [-0.25, -0.2) is 4.39 Å². The van der Waals surface area contributed by atoms with Crippen LogP contribution in [0.4, 0.5) is 4.39 Å². The van der Waals surface area contributed by atoms with Crippen LogP contribution < -0.4 is 5.32 Å². The van der Waals surface area contributed by atoms with Gasteiger partial charge in [-0.2, -0.15) is 0 Å². The second kappa shape index (κ2) is 8.50. The summed E-state index contributed by atoms with van der Waals surface area (Å²) < 4.78 is 19.4. The van der Waals surface area contributed by atoms with Crippen molar-refractivity contribution in [1.29, 1.82) is 0 Å². The highest BCUT2D eigenvalue weighted by molar-refractivity contribution is 6.31. The molecule has 134 valence electrons. The van der Waals surface area contributed by atoms with Crippen LogP contribution in [0.3, 0.4) is 0 Å². The number of furan rings is 1. The highest BCUT2D eigenvalue weighted by Gasteiger charge is 2.25. The molecule has 0 aliphatic carbocycles. The van der Waals surface area contributed by atoms with E-state index in [0.717, 1.165) is 31.7 Å². The van der Waals surface area contributed by atoms with Crippen molar-refractivity contribution in [2.75, 3.05) is 19.6 Å². The number of benzene rings is 1. The SMILES string of the molecule is O=C(Cc1c(F)cccc1Cl)NCC(c1ccco1)N1CCCCC1. The molecule has 1 aliphatic rings. The summed E-state index contributed by atoms with van der Waals surface area (Å²) >= 11 is 6.00. The lowest BCUT2D eigenvalue weighted by molar-refractivity contribution is -0.120. The van der Waals surface area contributed by atoms with Gasteiger partial charge < -0.3 is 9.73 Å². The number of halogens is 2. The maximum absolute atomic E-state index is 13.8. The summed E-state index contributed by atoms with van der Waals surface area (Å²) in [6.07, 6.45) is 5.11. The molecule has 3 rings (SSSR count). The standard InChI is InChI=1S/C19H22ClFN2O2/c20-15-6-4-7-16(21)14(15)12-19(24)22-13-17(18-8-5-11-25-18)23-9-2-1-3-10-23/h4-8,11,17H,1-3,9-10,12-13H2,(H,22,24). The van der Waals surface area contributed by atoms with Crippen LogP contribution in [0.1, 0.15) is 36.6 Å². The molecule has 1 fully saturated rings. The van der Waals surface area contributed by atoms with Crippen molar-refractivity contribution in [2.45, 2.75) is 31.7 Å². The Morgan fingerprint density at radius 3 is 2.72 bits per heavy atom. The van der Waals surface area contributed by atoms with Crippen molar-refractivity contribution < 1.29 is 13.6 Å². The molecule has 0 bridgehead atoms. The minimum absolute atomic E-state index is 0.00431. The van der Waals surface area contributed by atoms with E-state index in [1.165, 1.54) is 18.6 Å². The van der Waals surface area contributed by atoms with Gasteiger partial charge >= 0.3 is 0 Å². The highest BCUT2D eigenvalue weighted by Crippen LogP contribution is 2.25. The Labute approximate surface area is 152 Å². The quantitative estimate of drug-likeness (QED) is 0.843. The van der Waals surface area contributed by atoms with Gasteiger partial charge in [-0.3, -0.25) is 9.69 Å². The number of carbonyl (C=O) groups is 1. The van der Waals surface area contributed by atoms with Crippen LogP contribution in [-0.2, 0) is 11.2 Å². The smallest absolute Gasteiger partial charge is 0.224 e. The fourth-order valence-corrected chi connectivity index (χ4v) is 3.49. The molecule has 4 nitrogen and oxygen atoms in total. The first-order valence-electron chi connectivity index (χ1n) is 8.62. The zero-order valence-corrected chi connectivity index (χ0v) is 14.8. The summed E-state index contributed by atoms with van der Waals surface area (Å²) in [5, 5.41) is 3.18. The summed E-state index contributed by atoms with van der Waals surface area (Å²) in [4.78, 5) is 14.6. The van der Waals surface area contributed by atoms with E-state index < -0.39 is 5.82 Å². The van der Waals surface area contributed by atoms with Crippen LogP contribution in [0.25, 0.3) is 0 Å². The van der Waals surface area contributed by atoms with Gasteiger partial charge in [0, 0.05) is 17.1 Å². The van der Waals surface area contributed by atoms with Gasteiger partial charge in [-0.15, -0.1) is 0 Å². The molecule has 1 amide bonds. The molecule has 0 spiro atoms. The van der Waals surface area contributed by atoms with Crippen LogP contribution >= 0.6 is 11.6 Å². The van der Waals surface area contributed by atoms with Crippen molar-refractivity contribution in [2.24, 2.45) is 0 Å². The third-order valence-electron chi connectivity index (χ3n) is 4.59. The molecule has 1 aromatic heterocycles. The van der Waals surface area contributed by atoms with Crippen molar-refractivity contribution in [3.8, 4) is 0 Å². The molecule has 1 N–H and O–H groups in total. The van der Waals surface area contributed by atoms with E-state index in [9.17, 15) is 9.18 Å². The summed E-state index contributed by atoms with van der Waals surface area (Å²) in [6, 6.07) is 8.21. The van der Waals surface area contributed by atoms with Crippen LogP contribution in [0.2, 0.25) is 5.02 Å². The first kappa shape index (κ1) is 18.0. The largest absolute Gasteiger partial charge is 0.468 e. The number of rotatable bonds is 6. The predicted octanol–water partition coefficient (Wildman–Crippen LogP) is 3.96. The monoisotopic (exact) mass is 364 g/mol. The maximum Gasteiger partial charge on any atom is 0.224 e. The Balaban J connectivity index is 1.63. The third-order valence-corrected chi connectivity index (χ3v) is 4.95. The molecule has 0 radical (unpaired) electrons. The van der Waals surface area contributed by atoms with E-state index in [0.29, 0.717) is 6.54 Å². The molecule has 2 aromatic rings. The van der Waals surface area contributed by atoms with E-state index in [4.69, 9.17) is 16.0 Å². The van der Waals surface area contributed by atoms with Gasteiger partial charge in [0.05, 0.1) is 18.7 Å². The maximum atomic E-state index is 13.8. The molecule has 6 heteroatoms. The van der Waals surface area contributed by atoms with Crippen LogP contribution in [0.5, 0.6) is 0 Å². The number of nitrogens with zero attached hydrogens (tertiary/aromatic N) is 1. The zero-order valence-electron chi connectivity index (χ0n) is 14.0. The van der Waals surface area contributed by atoms with Gasteiger partial charge in [0.2, 0.25) is 5.91 Å². The van der Waals surface area contributed by atoms with Crippen LogP contribution in [0, 0.1) is 5.82 Å². The van der Waals surface area contributed by atoms with Crippen molar-refractivity contribution in [3.05, 3.63) is 58.8 Å². The van der Waals surface area contributed by atoms with Gasteiger partial charge in [-0.05, 0) is 50.2 Å². The fraction of sp³-hybridized carbons (Fsp3) is 0.421. The Morgan fingerprint density at radius 2 is 2.04 bits per heavy atom. The van der Waals surface area contributed by atoms with E-state index in [2.05, 4.69) is 10.2 Å². The van der Waals surface area contributed by atoms with Crippen molar-refractivity contribution in [1.82, 2.24) is 10.2 Å². The molecular formula is C19H22ClFN2O2. The van der Waals surface area contributed by atoms with E-state index in [-0.39, 0.29) is 29.0 Å². The summed E-state index contributed by atoms with van der Waals surface area (Å²) in [5.41, 5.74) is 0.231. The van der Waals surface area contributed by atoms with Crippen LogP contribution in [0.15, 0.2) is 41.0 Å². The summed E-state index contributed by atoms with van der Waals surface area (Å²) in [6.45, 7) is 2.40. The molecule has 1 aromatic carbocycles. The average molecular weight is 365 g/mol. The Morgan fingerprint density at radius 1 is 1.24 bits per heavy atom. The topological polar surface area (TPSA) is 45.5 Å². The Hall–Kier alpha value is -1.85. The number of amides is 1. The van der Waals surface area contributed by atoms with Gasteiger partial charge in [0.1, 0.15) is 11.6 Å².